The molecule has 1 aliphatic heterocycles. The van der Waals surface area contributed by atoms with E-state index in [-0.39, 0.29) is 6.04 Å². The lowest BCUT2D eigenvalue weighted by molar-refractivity contribution is 0.0873. The Bertz CT molecular complexity index is 398. The summed E-state index contributed by atoms with van der Waals surface area (Å²) in [6.07, 6.45) is 4.05. The van der Waals surface area contributed by atoms with Crippen molar-refractivity contribution in [3.63, 3.8) is 0 Å². The van der Waals surface area contributed by atoms with E-state index in [2.05, 4.69) is 39.4 Å². The molecule has 21 heavy (non-hydrogen) atoms. The van der Waals surface area contributed by atoms with Gasteiger partial charge in [-0.3, -0.25) is 0 Å². The Kier molecular flexibility index (Phi) is 6.46. The number of ether oxygens (including phenoxy) is 2. The van der Waals surface area contributed by atoms with Crippen molar-refractivity contribution in [2.45, 2.75) is 45.6 Å². The third-order valence-corrected chi connectivity index (χ3v) is 3.08. The molecule has 1 aliphatic rings. The zero-order valence-electron chi connectivity index (χ0n) is 12.9. The molecule has 1 saturated heterocycles. The summed E-state index contributed by atoms with van der Waals surface area (Å²) in [4.78, 5) is 13.0. The summed E-state index contributed by atoms with van der Waals surface area (Å²) in [5.41, 5.74) is 0. The Morgan fingerprint density at radius 1 is 1.19 bits per heavy atom. The van der Waals surface area contributed by atoms with Gasteiger partial charge in [-0.05, 0) is 25.7 Å². The average molecular weight is 295 g/mol. The molecule has 0 spiro atoms. The first-order valence-corrected chi connectivity index (χ1v) is 7.78. The highest BCUT2D eigenvalue weighted by atomic mass is 16.5. The molecule has 0 amide bonds. The molecule has 2 N–H and O–H groups in total. The van der Waals surface area contributed by atoms with Gasteiger partial charge in [-0.15, -0.1) is 0 Å². The van der Waals surface area contributed by atoms with Crippen LogP contribution in [0.25, 0.3) is 0 Å². The summed E-state index contributed by atoms with van der Waals surface area (Å²) in [6.45, 7) is 7.10. The van der Waals surface area contributed by atoms with Crippen molar-refractivity contribution in [1.29, 1.82) is 0 Å². The average Bonchev–Trinajstić information content (AvgIpc) is 2.52. The standard InChI is InChI=1S/C14H25N5O2/c1-3-7-15-12-17-13(16-11-6-5-9-20-10-11)19-14(18-12)21-8-4-2/h11H,3-10H2,1-2H3,(H2,15,16,17,18,19). The van der Waals surface area contributed by atoms with E-state index in [4.69, 9.17) is 9.47 Å². The Morgan fingerprint density at radius 2 is 2.05 bits per heavy atom. The monoisotopic (exact) mass is 295 g/mol. The van der Waals surface area contributed by atoms with Crippen molar-refractivity contribution in [3.05, 3.63) is 0 Å². The fourth-order valence-electron chi connectivity index (χ4n) is 2.03. The van der Waals surface area contributed by atoms with E-state index in [0.717, 1.165) is 38.8 Å². The summed E-state index contributed by atoms with van der Waals surface area (Å²) in [5.74, 6) is 1.10. The first kappa shape index (κ1) is 15.8. The van der Waals surface area contributed by atoms with Crippen LogP contribution in [0.1, 0.15) is 39.5 Å². The van der Waals surface area contributed by atoms with Crippen LogP contribution in [0.3, 0.4) is 0 Å². The summed E-state index contributed by atoms with van der Waals surface area (Å²) < 4.78 is 11.0. The third-order valence-electron chi connectivity index (χ3n) is 3.08. The molecule has 0 saturated carbocycles. The number of nitrogens with one attached hydrogen (secondary N) is 2. The second kappa shape index (κ2) is 8.61. The van der Waals surface area contributed by atoms with Crippen molar-refractivity contribution in [2.75, 3.05) is 37.0 Å². The smallest absolute Gasteiger partial charge is 0.323 e. The van der Waals surface area contributed by atoms with Crippen LogP contribution in [0.4, 0.5) is 11.9 Å². The second-order valence-electron chi connectivity index (χ2n) is 5.10. The largest absolute Gasteiger partial charge is 0.463 e. The molecule has 1 aromatic heterocycles. The van der Waals surface area contributed by atoms with Gasteiger partial charge in [0.25, 0.3) is 0 Å². The van der Waals surface area contributed by atoms with Gasteiger partial charge in [-0.1, -0.05) is 13.8 Å². The Labute approximate surface area is 125 Å². The molecule has 2 rings (SSSR count). The van der Waals surface area contributed by atoms with E-state index in [1.807, 2.05) is 0 Å². The fraction of sp³-hybridized carbons (Fsp3) is 0.786. The first-order valence-electron chi connectivity index (χ1n) is 7.78. The predicted molar refractivity (Wildman–Crippen MR) is 81.9 cm³/mol. The van der Waals surface area contributed by atoms with Crippen molar-refractivity contribution in [1.82, 2.24) is 15.0 Å². The van der Waals surface area contributed by atoms with Crippen LogP contribution in [0.15, 0.2) is 0 Å². The molecule has 7 nitrogen and oxygen atoms in total. The minimum Gasteiger partial charge on any atom is -0.463 e. The summed E-state index contributed by atoms with van der Waals surface area (Å²) >= 11 is 0. The maximum atomic E-state index is 5.53. The molecule has 1 aromatic rings. The van der Waals surface area contributed by atoms with E-state index in [9.17, 15) is 0 Å². The number of hydrogen-bond donors (Lipinski definition) is 2. The van der Waals surface area contributed by atoms with Crippen molar-refractivity contribution < 1.29 is 9.47 Å². The molecule has 2 heterocycles. The molecule has 0 aromatic carbocycles. The lowest BCUT2D eigenvalue weighted by atomic mass is 10.1. The molecule has 7 heteroatoms. The van der Waals surface area contributed by atoms with Crippen LogP contribution in [0.2, 0.25) is 0 Å². The Morgan fingerprint density at radius 3 is 2.76 bits per heavy atom. The van der Waals surface area contributed by atoms with E-state index >= 15 is 0 Å². The van der Waals surface area contributed by atoms with E-state index in [0.29, 0.717) is 31.1 Å². The van der Waals surface area contributed by atoms with Crippen LogP contribution in [-0.2, 0) is 4.74 Å². The molecular formula is C14H25N5O2. The number of hydrogen-bond acceptors (Lipinski definition) is 7. The van der Waals surface area contributed by atoms with Gasteiger partial charge in [0, 0.05) is 13.2 Å². The number of nitrogens with zero attached hydrogens (tertiary/aromatic N) is 3. The lowest BCUT2D eigenvalue weighted by Crippen LogP contribution is -2.31. The van der Waals surface area contributed by atoms with Gasteiger partial charge in [-0.25, -0.2) is 0 Å². The molecular weight excluding hydrogens is 270 g/mol. The summed E-state index contributed by atoms with van der Waals surface area (Å²) in [7, 11) is 0. The molecule has 0 bridgehead atoms. The van der Waals surface area contributed by atoms with Gasteiger partial charge in [-0.2, -0.15) is 15.0 Å². The van der Waals surface area contributed by atoms with Gasteiger partial charge in [0.2, 0.25) is 11.9 Å². The summed E-state index contributed by atoms with van der Waals surface area (Å²) in [5, 5.41) is 6.48. The highest BCUT2D eigenvalue weighted by Gasteiger charge is 2.16. The second-order valence-corrected chi connectivity index (χ2v) is 5.10. The molecule has 0 aliphatic carbocycles. The lowest BCUT2D eigenvalue weighted by Gasteiger charge is -2.23. The normalized spacial score (nSPS) is 18.3. The quantitative estimate of drug-likeness (QED) is 0.759. The first-order chi connectivity index (χ1) is 10.3. The topological polar surface area (TPSA) is 81.2 Å². The van der Waals surface area contributed by atoms with E-state index < -0.39 is 0 Å². The molecule has 1 fully saturated rings. The van der Waals surface area contributed by atoms with Gasteiger partial charge in [0.1, 0.15) is 0 Å². The van der Waals surface area contributed by atoms with Crippen LogP contribution < -0.4 is 15.4 Å². The van der Waals surface area contributed by atoms with Gasteiger partial charge >= 0.3 is 6.01 Å². The SMILES string of the molecule is CCCNc1nc(NC2CCCOC2)nc(OCCC)n1. The number of rotatable bonds is 8. The summed E-state index contributed by atoms with van der Waals surface area (Å²) in [6, 6.07) is 0.615. The molecule has 1 unspecified atom stereocenters. The van der Waals surface area contributed by atoms with Gasteiger partial charge < -0.3 is 20.1 Å². The minimum atomic E-state index is 0.249. The van der Waals surface area contributed by atoms with Crippen molar-refractivity contribution in [2.24, 2.45) is 0 Å². The zero-order chi connectivity index (χ0) is 14.9. The van der Waals surface area contributed by atoms with Gasteiger partial charge in [0.05, 0.1) is 19.3 Å². The highest BCUT2D eigenvalue weighted by molar-refractivity contribution is 5.36. The van der Waals surface area contributed by atoms with Crippen LogP contribution in [0, 0.1) is 0 Å². The van der Waals surface area contributed by atoms with Gasteiger partial charge in [0.15, 0.2) is 0 Å². The Balaban J connectivity index is 2.05. The van der Waals surface area contributed by atoms with Crippen LogP contribution in [-0.4, -0.2) is 47.4 Å². The third kappa shape index (κ3) is 5.34. The number of aromatic nitrogens is 3. The predicted octanol–water partition coefficient (Wildman–Crippen LogP) is 2.07. The highest BCUT2D eigenvalue weighted by Crippen LogP contribution is 2.15. The molecule has 118 valence electrons. The maximum Gasteiger partial charge on any atom is 0.323 e. The van der Waals surface area contributed by atoms with Crippen molar-refractivity contribution >= 4 is 11.9 Å². The maximum absolute atomic E-state index is 5.53. The fourth-order valence-corrected chi connectivity index (χ4v) is 2.03. The van der Waals surface area contributed by atoms with Crippen LogP contribution >= 0.6 is 0 Å². The van der Waals surface area contributed by atoms with E-state index in [1.54, 1.807) is 0 Å². The van der Waals surface area contributed by atoms with Crippen LogP contribution in [0.5, 0.6) is 6.01 Å². The van der Waals surface area contributed by atoms with E-state index in [1.165, 1.54) is 0 Å². The Hall–Kier alpha value is -1.63. The number of anilines is 2. The van der Waals surface area contributed by atoms with Crippen molar-refractivity contribution in [3.8, 4) is 6.01 Å². The minimum absolute atomic E-state index is 0.249. The zero-order valence-corrected chi connectivity index (χ0v) is 12.9. The molecule has 1 atom stereocenters. The molecule has 0 radical (unpaired) electrons.